The van der Waals surface area contributed by atoms with E-state index in [-0.39, 0.29) is 11.8 Å². The van der Waals surface area contributed by atoms with Crippen molar-refractivity contribution in [1.29, 1.82) is 0 Å². The number of amides is 2. The summed E-state index contributed by atoms with van der Waals surface area (Å²) in [6.45, 7) is 3.59. The van der Waals surface area contributed by atoms with Crippen LogP contribution in [0.15, 0.2) is 33.6 Å². The Hall–Kier alpha value is -2.57. The first-order chi connectivity index (χ1) is 10.2. The van der Waals surface area contributed by atoms with Gasteiger partial charge in [-0.15, -0.1) is 0 Å². The normalized spacial score (nSPS) is 15.3. The van der Waals surface area contributed by atoms with Crippen LogP contribution in [0.3, 0.4) is 0 Å². The number of oxazole rings is 1. The zero-order valence-corrected chi connectivity index (χ0v) is 11.6. The second-order valence-corrected chi connectivity index (χ2v) is 4.82. The van der Waals surface area contributed by atoms with Crippen LogP contribution in [0.25, 0.3) is 0 Å². The Labute approximate surface area is 121 Å². The summed E-state index contributed by atoms with van der Waals surface area (Å²) in [6, 6.07) is 3.32. The third kappa shape index (κ3) is 2.54. The van der Waals surface area contributed by atoms with Gasteiger partial charge < -0.3 is 18.6 Å². The van der Waals surface area contributed by atoms with Crippen molar-refractivity contribution in [3.8, 4) is 0 Å². The highest BCUT2D eigenvalue weighted by Gasteiger charge is 2.28. The van der Waals surface area contributed by atoms with Gasteiger partial charge in [0.25, 0.3) is 11.8 Å². The number of carbonyl (C=O) groups is 2. The van der Waals surface area contributed by atoms with E-state index in [0.717, 1.165) is 0 Å². The average Bonchev–Trinajstić information content (AvgIpc) is 3.17. The maximum Gasteiger partial charge on any atom is 0.289 e. The fourth-order valence-corrected chi connectivity index (χ4v) is 2.33. The van der Waals surface area contributed by atoms with Crippen LogP contribution >= 0.6 is 0 Å². The van der Waals surface area contributed by atoms with Gasteiger partial charge in [-0.25, -0.2) is 4.98 Å². The fraction of sp³-hybridized carbons (Fsp3) is 0.357. The van der Waals surface area contributed by atoms with Crippen LogP contribution in [-0.4, -0.2) is 52.8 Å². The van der Waals surface area contributed by atoms with Gasteiger partial charge in [0.05, 0.1) is 6.26 Å². The van der Waals surface area contributed by atoms with E-state index in [0.29, 0.717) is 43.4 Å². The molecule has 0 bridgehead atoms. The maximum atomic E-state index is 12.3. The third-order valence-electron chi connectivity index (χ3n) is 3.53. The summed E-state index contributed by atoms with van der Waals surface area (Å²) in [7, 11) is 0. The van der Waals surface area contributed by atoms with Crippen LogP contribution in [0.4, 0.5) is 0 Å². The van der Waals surface area contributed by atoms with Gasteiger partial charge >= 0.3 is 0 Å². The highest BCUT2D eigenvalue weighted by atomic mass is 16.3. The van der Waals surface area contributed by atoms with E-state index >= 15 is 0 Å². The molecule has 7 heteroatoms. The molecule has 3 heterocycles. The number of piperazine rings is 1. The number of aromatic nitrogens is 1. The molecule has 110 valence electrons. The third-order valence-corrected chi connectivity index (χ3v) is 3.53. The van der Waals surface area contributed by atoms with Crippen molar-refractivity contribution in [2.75, 3.05) is 26.2 Å². The van der Waals surface area contributed by atoms with Crippen molar-refractivity contribution in [3.63, 3.8) is 0 Å². The van der Waals surface area contributed by atoms with Gasteiger partial charge in [-0.05, 0) is 19.1 Å². The van der Waals surface area contributed by atoms with Gasteiger partial charge in [0.2, 0.25) is 0 Å². The van der Waals surface area contributed by atoms with E-state index in [1.807, 2.05) is 0 Å². The van der Waals surface area contributed by atoms with Crippen molar-refractivity contribution in [1.82, 2.24) is 14.8 Å². The van der Waals surface area contributed by atoms with Crippen LogP contribution in [0.2, 0.25) is 0 Å². The van der Waals surface area contributed by atoms with Gasteiger partial charge in [0.15, 0.2) is 17.8 Å². The summed E-state index contributed by atoms with van der Waals surface area (Å²) in [5.74, 6) is 0.521. The highest BCUT2D eigenvalue weighted by molar-refractivity contribution is 5.94. The molecule has 0 N–H and O–H groups in total. The molecule has 3 rings (SSSR count). The predicted molar refractivity (Wildman–Crippen MR) is 71.8 cm³/mol. The van der Waals surface area contributed by atoms with E-state index in [1.165, 1.54) is 12.7 Å². The van der Waals surface area contributed by atoms with Gasteiger partial charge in [-0.3, -0.25) is 9.59 Å². The molecule has 0 aliphatic carbocycles. The van der Waals surface area contributed by atoms with Gasteiger partial charge in [0, 0.05) is 26.2 Å². The van der Waals surface area contributed by atoms with Crippen molar-refractivity contribution < 1.29 is 18.4 Å². The van der Waals surface area contributed by atoms with Crippen molar-refractivity contribution in [3.05, 3.63) is 42.0 Å². The minimum Gasteiger partial charge on any atom is -0.459 e. The summed E-state index contributed by atoms with van der Waals surface area (Å²) in [4.78, 5) is 31.7. The molecule has 1 aliphatic rings. The largest absolute Gasteiger partial charge is 0.459 e. The Kier molecular flexibility index (Phi) is 3.47. The Morgan fingerprint density at radius 3 is 2.29 bits per heavy atom. The van der Waals surface area contributed by atoms with Gasteiger partial charge in [-0.2, -0.15) is 0 Å². The van der Waals surface area contributed by atoms with E-state index in [9.17, 15) is 9.59 Å². The molecule has 2 aromatic heterocycles. The first-order valence-corrected chi connectivity index (χ1v) is 6.69. The highest BCUT2D eigenvalue weighted by Crippen LogP contribution is 2.13. The Bertz CT molecular complexity index is 639. The maximum absolute atomic E-state index is 12.3. The molecular formula is C14H15N3O4. The minimum atomic E-state index is -0.161. The summed E-state index contributed by atoms with van der Waals surface area (Å²) < 4.78 is 10.2. The number of aryl methyl sites for hydroxylation is 1. The predicted octanol–water partition coefficient (Wildman–Crippen LogP) is 1.17. The van der Waals surface area contributed by atoms with Crippen molar-refractivity contribution >= 4 is 11.8 Å². The SMILES string of the molecule is Cc1ocnc1C(=O)N1CCN(C(=O)c2ccco2)CC1. The van der Waals surface area contributed by atoms with E-state index in [4.69, 9.17) is 8.83 Å². The Balaban J connectivity index is 1.62. The van der Waals surface area contributed by atoms with E-state index < -0.39 is 0 Å². The monoisotopic (exact) mass is 289 g/mol. The van der Waals surface area contributed by atoms with Crippen molar-refractivity contribution in [2.24, 2.45) is 0 Å². The molecule has 2 amide bonds. The fourth-order valence-electron chi connectivity index (χ4n) is 2.33. The number of hydrogen-bond donors (Lipinski definition) is 0. The summed E-state index contributed by atoms with van der Waals surface area (Å²) in [5.41, 5.74) is 0.334. The van der Waals surface area contributed by atoms with Crippen LogP contribution in [-0.2, 0) is 0 Å². The first-order valence-electron chi connectivity index (χ1n) is 6.69. The summed E-state index contributed by atoms with van der Waals surface area (Å²) in [5, 5.41) is 0. The molecule has 2 aromatic rings. The van der Waals surface area contributed by atoms with Crippen LogP contribution in [0, 0.1) is 6.92 Å². The first kappa shape index (κ1) is 13.4. The molecule has 0 aromatic carbocycles. The average molecular weight is 289 g/mol. The zero-order valence-electron chi connectivity index (χ0n) is 11.6. The summed E-state index contributed by atoms with van der Waals surface area (Å²) in [6.07, 6.45) is 2.74. The lowest BCUT2D eigenvalue weighted by Crippen LogP contribution is -2.50. The van der Waals surface area contributed by atoms with Gasteiger partial charge in [-0.1, -0.05) is 0 Å². The topological polar surface area (TPSA) is 79.8 Å². The molecule has 0 unspecified atom stereocenters. The van der Waals surface area contributed by atoms with Crippen LogP contribution in [0.5, 0.6) is 0 Å². The molecule has 0 saturated carbocycles. The molecule has 1 saturated heterocycles. The summed E-state index contributed by atoms with van der Waals surface area (Å²) >= 11 is 0. The second-order valence-electron chi connectivity index (χ2n) is 4.82. The Morgan fingerprint density at radius 2 is 1.76 bits per heavy atom. The molecule has 1 fully saturated rings. The van der Waals surface area contributed by atoms with Gasteiger partial charge in [0.1, 0.15) is 5.76 Å². The smallest absolute Gasteiger partial charge is 0.289 e. The molecule has 0 radical (unpaired) electrons. The quantitative estimate of drug-likeness (QED) is 0.829. The van der Waals surface area contributed by atoms with E-state index in [2.05, 4.69) is 4.98 Å². The lowest BCUT2D eigenvalue weighted by atomic mass is 10.2. The number of hydrogen-bond acceptors (Lipinski definition) is 5. The number of nitrogens with zero attached hydrogens (tertiary/aromatic N) is 3. The standard InChI is InChI=1S/C14H15N3O4/c1-10-12(15-9-21-10)14(19)17-6-4-16(5-7-17)13(18)11-3-2-8-20-11/h2-3,8-9H,4-7H2,1H3. The van der Waals surface area contributed by atoms with E-state index in [1.54, 1.807) is 28.9 Å². The second kappa shape index (κ2) is 5.43. The molecule has 7 nitrogen and oxygen atoms in total. The number of carbonyl (C=O) groups excluding carboxylic acids is 2. The molecule has 0 atom stereocenters. The molecule has 21 heavy (non-hydrogen) atoms. The lowest BCUT2D eigenvalue weighted by Gasteiger charge is -2.34. The molecule has 1 aliphatic heterocycles. The number of furan rings is 1. The zero-order chi connectivity index (χ0) is 14.8. The number of rotatable bonds is 2. The van der Waals surface area contributed by atoms with Crippen molar-refractivity contribution in [2.45, 2.75) is 6.92 Å². The Morgan fingerprint density at radius 1 is 1.10 bits per heavy atom. The lowest BCUT2D eigenvalue weighted by molar-refractivity contribution is 0.0514. The minimum absolute atomic E-state index is 0.148. The van der Waals surface area contributed by atoms with Crippen LogP contribution < -0.4 is 0 Å². The molecule has 0 spiro atoms. The van der Waals surface area contributed by atoms with Crippen LogP contribution in [0.1, 0.15) is 26.8 Å². The molecular weight excluding hydrogens is 274 g/mol.